The van der Waals surface area contributed by atoms with Gasteiger partial charge in [0.25, 0.3) is 0 Å². The van der Waals surface area contributed by atoms with E-state index in [9.17, 15) is 18.0 Å². The largest absolute Gasteiger partial charge is 0.497 e. The molecule has 0 amide bonds. The van der Waals surface area contributed by atoms with Crippen molar-refractivity contribution >= 4 is 22.3 Å². The molecule has 0 atom stereocenters. The topological polar surface area (TPSA) is 52.3 Å². The number of halogens is 3. The molecule has 0 aliphatic rings. The van der Waals surface area contributed by atoms with Gasteiger partial charge in [-0.3, -0.25) is 4.79 Å². The summed E-state index contributed by atoms with van der Waals surface area (Å²) in [5.74, 6) is -1.06. The second-order valence-electron chi connectivity index (χ2n) is 4.37. The second-order valence-corrected chi connectivity index (χ2v) is 5.09. The smallest absolute Gasteiger partial charge is 0.450 e. The van der Waals surface area contributed by atoms with Crippen LogP contribution in [0.4, 0.5) is 13.2 Å². The lowest BCUT2D eigenvalue weighted by Crippen LogP contribution is -2.16. The third-order valence-corrected chi connectivity index (χ3v) is 3.63. The molecule has 3 aromatic rings. The Morgan fingerprint density at radius 3 is 2.68 bits per heavy atom. The third kappa shape index (κ3) is 2.35. The van der Waals surface area contributed by atoms with Crippen molar-refractivity contribution in [1.29, 1.82) is 0 Å². The molecule has 3 rings (SSSR count). The van der Waals surface area contributed by atoms with Crippen LogP contribution < -0.4 is 10.2 Å². The average Bonchev–Trinajstić information content (AvgIpc) is 2.99. The minimum absolute atomic E-state index is 0.0387. The highest BCUT2D eigenvalue weighted by Crippen LogP contribution is 2.37. The molecular weight excluding hydrogens is 319 g/mol. The van der Waals surface area contributed by atoms with Gasteiger partial charge in [-0.1, -0.05) is 0 Å². The van der Waals surface area contributed by atoms with E-state index in [1.807, 2.05) is 0 Å². The maximum Gasteiger partial charge on any atom is 0.450 e. The molecule has 2 heterocycles. The first-order valence-corrected chi connectivity index (χ1v) is 6.96. The van der Waals surface area contributed by atoms with Crippen LogP contribution >= 0.6 is 11.3 Å². The van der Waals surface area contributed by atoms with Crippen LogP contribution in [0.3, 0.4) is 0 Å². The average molecular weight is 327 g/mol. The minimum atomic E-state index is -4.81. The molecule has 2 aromatic heterocycles. The van der Waals surface area contributed by atoms with Gasteiger partial charge >= 0.3 is 6.18 Å². The summed E-state index contributed by atoms with van der Waals surface area (Å²) in [5.41, 5.74) is -0.236. The molecule has 1 aromatic carbocycles. The minimum Gasteiger partial charge on any atom is -0.497 e. The fourth-order valence-corrected chi connectivity index (χ4v) is 2.61. The molecule has 0 bridgehead atoms. The fourth-order valence-electron chi connectivity index (χ4n) is 2.07. The summed E-state index contributed by atoms with van der Waals surface area (Å²) in [4.78, 5) is 16.3. The number of fused-ring (bicyclic) bond motifs is 1. The van der Waals surface area contributed by atoms with Gasteiger partial charge in [0.15, 0.2) is 0 Å². The van der Waals surface area contributed by atoms with Crippen molar-refractivity contribution in [3.63, 3.8) is 0 Å². The zero-order valence-corrected chi connectivity index (χ0v) is 11.9. The van der Waals surface area contributed by atoms with Crippen LogP contribution in [-0.2, 0) is 6.18 Å². The Bertz CT molecular complexity index is 885. The van der Waals surface area contributed by atoms with E-state index < -0.39 is 22.9 Å². The predicted molar refractivity (Wildman–Crippen MR) is 75.1 cm³/mol. The van der Waals surface area contributed by atoms with E-state index in [0.29, 0.717) is 5.75 Å². The highest BCUT2D eigenvalue weighted by molar-refractivity contribution is 7.07. The number of alkyl halides is 3. The molecule has 0 aliphatic carbocycles. The van der Waals surface area contributed by atoms with Crippen molar-refractivity contribution in [1.82, 2.24) is 4.98 Å². The summed E-state index contributed by atoms with van der Waals surface area (Å²) < 4.78 is 49.6. The molecule has 114 valence electrons. The van der Waals surface area contributed by atoms with Crippen LogP contribution in [0.25, 0.3) is 22.2 Å². The summed E-state index contributed by atoms with van der Waals surface area (Å²) in [6.07, 6.45) is -4.81. The fraction of sp³-hybridized carbons (Fsp3) is 0.143. The molecular formula is C14H8F3NO3S. The highest BCUT2D eigenvalue weighted by Gasteiger charge is 2.39. The van der Waals surface area contributed by atoms with Crippen LogP contribution in [0.15, 0.2) is 38.3 Å². The third-order valence-electron chi connectivity index (χ3n) is 3.05. The first kappa shape index (κ1) is 14.6. The zero-order valence-electron chi connectivity index (χ0n) is 11.1. The number of methoxy groups -OCH3 is 1. The molecule has 0 saturated carbocycles. The number of rotatable bonds is 2. The Hall–Kier alpha value is -2.35. The normalized spacial score (nSPS) is 11.8. The SMILES string of the molecule is COc1ccc2c(=O)c(-c3cscn3)c(C(F)(F)F)oc2c1. The lowest BCUT2D eigenvalue weighted by Gasteiger charge is -2.11. The lowest BCUT2D eigenvalue weighted by atomic mass is 10.1. The summed E-state index contributed by atoms with van der Waals surface area (Å²) in [5, 5.41) is 1.41. The number of thiazole rings is 1. The number of ether oxygens (including phenoxy) is 1. The predicted octanol–water partition coefficient (Wildman–Crippen LogP) is 3.94. The van der Waals surface area contributed by atoms with Gasteiger partial charge in [0.05, 0.1) is 29.3 Å². The molecule has 0 N–H and O–H groups in total. The summed E-state index contributed by atoms with van der Waals surface area (Å²) >= 11 is 1.09. The Morgan fingerprint density at radius 1 is 1.32 bits per heavy atom. The molecule has 22 heavy (non-hydrogen) atoms. The second kappa shape index (κ2) is 5.13. The Balaban J connectivity index is 2.43. The van der Waals surface area contributed by atoms with Crippen LogP contribution in [0.5, 0.6) is 5.75 Å². The molecule has 8 heteroatoms. The lowest BCUT2D eigenvalue weighted by molar-refractivity contribution is -0.152. The standard InChI is InChI=1S/C14H8F3NO3S/c1-20-7-2-3-8-10(4-7)21-13(14(15,16)17)11(12(8)19)9-5-22-6-18-9/h2-6H,1H3. The Morgan fingerprint density at radius 2 is 2.09 bits per heavy atom. The van der Waals surface area contributed by atoms with Gasteiger partial charge in [0, 0.05) is 11.4 Å². The zero-order chi connectivity index (χ0) is 15.9. The van der Waals surface area contributed by atoms with Crippen LogP contribution in [0, 0.1) is 0 Å². The van der Waals surface area contributed by atoms with E-state index >= 15 is 0 Å². The first-order chi connectivity index (χ1) is 10.4. The Labute approximate surface area is 125 Å². The van der Waals surface area contributed by atoms with Gasteiger partial charge in [-0.15, -0.1) is 11.3 Å². The molecule has 0 aliphatic heterocycles. The van der Waals surface area contributed by atoms with E-state index in [4.69, 9.17) is 9.15 Å². The summed E-state index contributed by atoms with van der Waals surface area (Å²) in [7, 11) is 1.37. The number of nitrogens with zero attached hydrogens (tertiary/aromatic N) is 1. The van der Waals surface area contributed by atoms with Crippen molar-refractivity contribution in [3.05, 3.63) is 45.1 Å². The monoisotopic (exact) mass is 327 g/mol. The first-order valence-electron chi connectivity index (χ1n) is 6.02. The Kier molecular flexibility index (Phi) is 3.40. The molecule has 0 spiro atoms. The number of hydrogen-bond donors (Lipinski definition) is 0. The van der Waals surface area contributed by atoms with Crippen LogP contribution in [-0.4, -0.2) is 12.1 Å². The maximum atomic E-state index is 13.2. The van der Waals surface area contributed by atoms with Gasteiger partial charge in [0.2, 0.25) is 11.2 Å². The van der Waals surface area contributed by atoms with Gasteiger partial charge in [-0.25, -0.2) is 4.98 Å². The van der Waals surface area contributed by atoms with Gasteiger partial charge < -0.3 is 9.15 Å². The van der Waals surface area contributed by atoms with Crippen molar-refractivity contribution in [3.8, 4) is 17.0 Å². The van der Waals surface area contributed by atoms with Crippen molar-refractivity contribution in [2.45, 2.75) is 6.18 Å². The van der Waals surface area contributed by atoms with Crippen LogP contribution in [0.2, 0.25) is 0 Å². The van der Waals surface area contributed by atoms with E-state index in [2.05, 4.69) is 4.98 Å². The summed E-state index contributed by atoms with van der Waals surface area (Å²) in [6, 6.07) is 4.10. The molecule has 4 nitrogen and oxygen atoms in total. The molecule has 0 unspecified atom stereocenters. The van der Waals surface area contributed by atoms with Crippen molar-refractivity contribution in [2.75, 3.05) is 7.11 Å². The van der Waals surface area contributed by atoms with Crippen molar-refractivity contribution < 1.29 is 22.3 Å². The molecule has 0 radical (unpaired) electrons. The van der Waals surface area contributed by atoms with Crippen molar-refractivity contribution in [2.24, 2.45) is 0 Å². The van der Waals surface area contributed by atoms with E-state index in [1.165, 1.54) is 36.2 Å². The molecule has 0 fully saturated rings. The summed E-state index contributed by atoms with van der Waals surface area (Å²) in [6.45, 7) is 0. The highest BCUT2D eigenvalue weighted by atomic mass is 32.1. The maximum absolute atomic E-state index is 13.2. The van der Waals surface area contributed by atoms with Gasteiger partial charge in [-0.05, 0) is 12.1 Å². The molecule has 0 saturated heterocycles. The van der Waals surface area contributed by atoms with E-state index in [1.54, 1.807) is 0 Å². The number of hydrogen-bond acceptors (Lipinski definition) is 5. The number of benzene rings is 1. The van der Waals surface area contributed by atoms with Gasteiger partial charge in [0.1, 0.15) is 11.3 Å². The van der Waals surface area contributed by atoms with E-state index in [-0.39, 0.29) is 16.7 Å². The van der Waals surface area contributed by atoms with E-state index in [0.717, 1.165) is 11.3 Å². The number of aromatic nitrogens is 1. The quantitative estimate of drug-likeness (QED) is 0.715. The van der Waals surface area contributed by atoms with Gasteiger partial charge in [-0.2, -0.15) is 13.2 Å². The van der Waals surface area contributed by atoms with Crippen LogP contribution in [0.1, 0.15) is 5.76 Å².